The van der Waals surface area contributed by atoms with E-state index in [1.54, 1.807) is 11.0 Å². The Morgan fingerprint density at radius 1 is 1.10 bits per heavy atom. The molecule has 0 N–H and O–H groups in total. The molecule has 0 radical (unpaired) electrons. The van der Waals surface area contributed by atoms with Gasteiger partial charge in [0.25, 0.3) is 0 Å². The Balaban J connectivity index is 1.58. The Morgan fingerprint density at radius 3 is 2.41 bits per heavy atom. The summed E-state index contributed by atoms with van der Waals surface area (Å²) in [7, 11) is -3.77. The van der Waals surface area contributed by atoms with E-state index in [9.17, 15) is 17.6 Å². The molecular weight excluding hydrogens is 395 g/mol. The Hall–Kier alpha value is -2.71. The first-order chi connectivity index (χ1) is 13.9. The van der Waals surface area contributed by atoms with Crippen LogP contribution in [0, 0.1) is 5.82 Å². The predicted octanol–water partition coefficient (Wildman–Crippen LogP) is 2.77. The van der Waals surface area contributed by atoms with E-state index in [0.29, 0.717) is 6.61 Å². The van der Waals surface area contributed by atoms with Crippen molar-refractivity contribution in [2.45, 2.75) is 11.8 Å². The monoisotopic (exact) mass is 418 g/mol. The van der Waals surface area contributed by atoms with Crippen LogP contribution in [0.2, 0.25) is 0 Å². The van der Waals surface area contributed by atoms with Crippen molar-refractivity contribution in [2.75, 3.05) is 32.8 Å². The fourth-order valence-corrected chi connectivity index (χ4v) is 4.49. The molecule has 154 valence electrons. The lowest BCUT2D eigenvalue weighted by molar-refractivity contribution is -0.127. The number of carbonyl (C=O) groups excluding carboxylic acids is 1. The third-order valence-corrected chi connectivity index (χ3v) is 6.49. The summed E-state index contributed by atoms with van der Waals surface area (Å²) in [4.78, 5) is 13.9. The highest BCUT2D eigenvalue weighted by Gasteiger charge is 2.29. The molecule has 1 amide bonds. The Bertz CT molecular complexity index is 982. The number of amides is 1. The van der Waals surface area contributed by atoms with E-state index in [1.807, 2.05) is 31.2 Å². The van der Waals surface area contributed by atoms with Crippen LogP contribution in [0.25, 0.3) is 6.08 Å². The van der Waals surface area contributed by atoms with E-state index in [2.05, 4.69) is 0 Å². The van der Waals surface area contributed by atoms with Crippen LogP contribution < -0.4 is 4.74 Å². The summed E-state index contributed by atoms with van der Waals surface area (Å²) >= 11 is 0. The number of hydrogen-bond acceptors (Lipinski definition) is 4. The molecule has 0 spiro atoms. The topological polar surface area (TPSA) is 66.9 Å². The van der Waals surface area contributed by atoms with Crippen molar-refractivity contribution in [3.05, 3.63) is 66.0 Å². The number of ether oxygens (including phenoxy) is 1. The molecule has 3 rings (SSSR count). The van der Waals surface area contributed by atoms with Crippen LogP contribution in [0.15, 0.2) is 59.5 Å². The first kappa shape index (κ1) is 21.0. The number of hydrogen-bond donors (Lipinski definition) is 0. The second kappa shape index (κ2) is 9.19. The maximum Gasteiger partial charge on any atom is 0.246 e. The highest BCUT2D eigenvalue weighted by molar-refractivity contribution is 7.89. The van der Waals surface area contributed by atoms with Crippen molar-refractivity contribution in [1.29, 1.82) is 0 Å². The minimum Gasteiger partial charge on any atom is -0.494 e. The Labute approximate surface area is 170 Å². The van der Waals surface area contributed by atoms with Gasteiger partial charge in [0, 0.05) is 32.3 Å². The molecule has 0 saturated carbocycles. The third-order valence-electron chi connectivity index (χ3n) is 4.59. The van der Waals surface area contributed by atoms with Crippen molar-refractivity contribution in [3.63, 3.8) is 0 Å². The molecule has 2 aromatic carbocycles. The largest absolute Gasteiger partial charge is 0.494 e. The highest BCUT2D eigenvalue weighted by atomic mass is 32.2. The number of nitrogens with zero attached hydrogens (tertiary/aromatic N) is 2. The molecule has 1 fully saturated rings. The Kier molecular flexibility index (Phi) is 6.66. The van der Waals surface area contributed by atoms with E-state index in [1.165, 1.54) is 28.6 Å². The second-order valence-corrected chi connectivity index (χ2v) is 8.46. The lowest BCUT2D eigenvalue weighted by atomic mass is 10.2. The Morgan fingerprint density at radius 2 is 1.79 bits per heavy atom. The van der Waals surface area contributed by atoms with Gasteiger partial charge in [0.1, 0.15) is 11.6 Å². The van der Waals surface area contributed by atoms with Gasteiger partial charge in [-0.25, -0.2) is 12.8 Å². The van der Waals surface area contributed by atoms with Crippen LogP contribution in [0.5, 0.6) is 5.75 Å². The van der Waals surface area contributed by atoms with Gasteiger partial charge in [-0.3, -0.25) is 4.79 Å². The van der Waals surface area contributed by atoms with Gasteiger partial charge in [0.05, 0.1) is 11.5 Å². The van der Waals surface area contributed by atoms with E-state index < -0.39 is 15.8 Å². The summed E-state index contributed by atoms with van der Waals surface area (Å²) in [6, 6.07) is 12.3. The van der Waals surface area contributed by atoms with Crippen LogP contribution in [-0.2, 0) is 14.8 Å². The summed E-state index contributed by atoms with van der Waals surface area (Å²) < 4.78 is 45.3. The van der Waals surface area contributed by atoms with E-state index in [4.69, 9.17) is 4.74 Å². The highest BCUT2D eigenvalue weighted by Crippen LogP contribution is 2.19. The predicted molar refractivity (Wildman–Crippen MR) is 108 cm³/mol. The van der Waals surface area contributed by atoms with E-state index >= 15 is 0 Å². The summed E-state index contributed by atoms with van der Waals surface area (Å²) in [5.41, 5.74) is 0.870. The zero-order valence-electron chi connectivity index (χ0n) is 16.1. The summed E-state index contributed by atoms with van der Waals surface area (Å²) in [6.07, 6.45) is 3.19. The third kappa shape index (κ3) is 5.21. The maximum absolute atomic E-state index is 13.4. The van der Waals surface area contributed by atoms with Gasteiger partial charge >= 0.3 is 0 Å². The van der Waals surface area contributed by atoms with Crippen LogP contribution in [0.1, 0.15) is 12.5 Å². The number of halogens is 1. The minimum atomic E-state index is -3.77. The zero-order valence-corrected chi connectivity index (χ0v) is 16.9. The number of rotatable bonds is 6. The normalized spacial score (nSPS) is 15.6. The van der Waals surface area contributed by atoms with Gasteiger partial charge in [-0.05, 0) is 48.9 Å². The molecule has 1 aliphatic rings. The van der Waals surface area contributed by atoms with Crippen LogP contribution in [-0.4, -0.2) is 56.3 Å². The van der Waals surface area contributed by atoms with E-state index in [0.717, 1.165) is 17.4 Å². The van der Waals surface area contributed by atoms with Gasteiger partial charge in [0.15, 0.2) is 0 Å². The average Bonchev–Trinajstić information content (AvgIpc) is 2.73. The van der Waals surface area contributed by atoms with Crippen LogP contribution >= 0.6 is 0 Å². The number of carbonyl (C=O) groups is 1. The molecule has 1 heterocycles. The van der Waals surface area contributed by atoms with Crippen LogP contribution in [0.4, 0.5) is 4.39 Å². The molecule has 6 nitrogen and oxygen atoms in total. The molecule has 2 aromatic rings. The van der Waals surface area contributed by atoms with Gasteiger partial charge in [0.2, 0.25) is 15.9 Å². The number of piperazine rings is 1. The van der Waals surface area contributed by atoms with Gasteiger partial charge < -0.3 is 9.64 Å². The molecule has 8 heteroatoms. The van der Waals surface area contributed by atoms with Crippen LogP contribution in [0.3, 0.4) is 0 Å². The molecule has 0 unspecified atom stereocenters. The lowest BCUT2D eigenvalue weighted by Crippen LogP contribution is -2.50. The smallest absolute Gasteiger partial charge is 0.246 e. The first-order valence-corrected chi connectivity index (χ1v) is 10.8. The molecule has 0 aromatic heterocycles. The lowest BCUT2D eigenvalue weighted by Gasteiger charge is -2.33. The van der Waals surface area contributed by atoms with Crippen molar-refractivity contribution in [2.24, 2.45) is 0 Å². The molecule has 29 heavy (non-hydrogen) atoms. The van der Waals surface area contributed by atoms with Crippen molar-refractivity contribution in [1.82, 2.24) is 9.21 Å². The van der Waals surface area contributed by atoms with Gasteiger partial charge in [-0.2, -0.15) is 4.31 Å². The quantitative estimate of drug-likeness (QED) is 0.677. The maximum atomic E-state index is 13.4. The van der Waals surface area contributed by atoms with Crippen molar-refractivity contribution in [3.8, 4) is 5.75 Å². The molecule has 1 saturated heterocycles. The van der Waals surface area contributed by atoms with Crippen molar-refractivity contribution < 1.29 is 22.3 Å². The minimum absolute atomic E-state index is 0.0762. The van der Waals surface area contributed by atoms with E-state index in [-0.39, 0.29) is 37.0 Å². The summed E-state index contributed by atoms with van der Waals surface area (Å²) in [5.74, 6) is -0.00684. The molecular formula is C21H23FN2O4S. The average molecular weight is 418 g/mol. The molecule has 0 aliphatic carbocycles. The number of benzene rings is 2. The standard InChI is InChI=1S/C21H23FN2O4S/c1-2-28-19-9-6-17(7-10-19)8-11-21(25)23-12-14-24(15-13-23)29(26,27)20-5-3-4-18(22)16-20/h3-11,16H,2,12-15H2,1H3/b11-8+. The second-order valence-electron chi connectivity index (χ2n) is 6.52. The summed E-state index contributed by atoms with van der Waals surface area (Å²) in [5, 5.41) is 0. The number of sulfonamides is 1. The molecule has 1 aliphatic heterocycles. The fourth-order valence-electron chi connectivity index (χ4n) is 3.04. The summed E-state index contributed by atoms with van der Waals surface area (Å²) in [6.45, 7) is 3.40. The molecule has 0 atom stereocenters. The fraction of sp³-hybridized carbons (Fsp3) is 0.286. The molecule has 0 bridgehead atoms. The zero-order chi connectivity index (χ0) is 20.9. The SMILES string of the molecule is CCOc1ccc(/C=C/C(=O)N2CCN(S(=O)(=O)c3cccc(F)c3)CC2)cc1. The van der Waals surface area contributed by atoms with Gasteiger partial charge in [-0.15, -0.1) is 0 Å². The van der Waals surface area contributed by atoms with Gasteiger partial charge in [-0.1, -0.05) is 18.2 Å². The first-order valence-electron chi connectivity index (χ1n) is 9.35. The van der Waals surface area contributed by atoms with Crippen molar-refractivity contribution >= 4 is 22.0 Å².